The van der Waals surface area contributed by atoms with E-state index >= 15 is 0 Å². The summed E-state index contributed by atoms with van der Waals surface area (Å²) in [5.41, 5.74) is 2.01. The van der Waals surface area contributed by atoms with Gasteiger partial charge in [-0.05, 0) is 54.7 Å². The second-order valence-corrected chi connectivity index (χ2v) is 8.19. The van der Waals surface area contributed by atoms with Crippen LogP contribution in [0.1, 0.15) is 20.9 Å². The van der Waals surface area contributed by atoms with Gasteiger partial charge in [0.15, 0.2) is 22.4 Å². The number of para-hydroxylation sites is 1. The normalized spacial score (nSPS) is 12.0. The summed E-state index contributed by atoms with van der Waals surface area (Å²) in [5.74, 6) is 0.878. The Bertz CT molecular complexity index is 1450. The molecule has 36 heavy (non-hydrogen) atoms. The number of amides is 2. The van der Waals surface area contributed by atoms with E-state index < -0.39 is 11.8 Å². The van der Waals surface area contributed by atoms with Crippen LogP contribution in [-0.2, 0) is 0 Å². The fraction of sp³-hybridized carbons (Fsp3) is 0.115. The Morgan fingerprint density at radius 1 is 0.889 bits per heavy atom. The summed E-state index contributed by atoms with van der Waals surface area (Å²) in [4.78, 5) is 25.3. The lowest BCUT2D eigenvalue weighted by molar-refractivity contribution is 0.0974. The molecule has 10 heteroatoms. The lowest BCUT2D eigenvalue weighted by Gasteiger charge is -2.18. The van der Waals surface area contributed by atoms with Crippen LogP contribution in [-0.4, -0.2) is 37.3 Å². The number of nitrogens with one attached hydrogen (secondary N) is 3. The van der Waals surface area contributed by atoms with Crippen LogP contribution in [0.4, 0.5) is 11.4 Å². The number of furan rings is 1. The maximum atomic E-state index is 12.7. The number of methoxy groups -OCH3 is 1. The van der Waals surface area contributed by atoms with Crippen molar-refractivity contribution in [3.63, 3.8) is 0 Å². The monoisotopic (exact) mass is 503 g/mol. The van der Waals surface area contributed by atoms with Crippen molar-refractivity contribution in [2.45, 2.75) is 0 Å². The minimum absolute atomic E-state index is 0.0935. The average molecular weight is 504 g/mol. The molecule has 3 aromatic carbocycles. The van der Waals surface area contributed by atoms with Crippen LogP contribution >= 0.6 is 12.2 Å². The van der Waals surface area contributed by atoms with Crippen molar-refractivity contribution >= 4 is 51.5 Å². The molecule has 1 aromatic heterocycles. The molecule has 3 N–H and O–H groups in total. The number of rotatable bonds is 5. The van der Waals surface area contributed by atoms with Gasteiger partial charge in [0.2, 0.25) is 0 Å². The number of carbonyl (C=O) groups excluding carboxylic acids is 2. The quantitative estimate of drug-likeness (QED) is 0.339. The lowest BCUT2D eigenvalue weighted by Crippen LogP contribution is -2.34. The standard InChI is InChI=1S/C26H21N3O6S/c1-32-21-14-17(7-8-18(21)28-25(31)23-12-15-4-2-3-5-19(15)35-23)27-26(36)29-24(30)16-6-9-20-22(13-16)34-11-10-33-20/h2-9,12-14H,10-11H2,1H3,(H,28,31)(H2,27,29,30,36). The SMILES string of the molecule is COc1cc(NC(=S)NC(=O)c2ccc3c(c2)OCCO3)ccc1NC(=O)c1cc2ccccc2o1. The van der Waals surface area contributed by atoms with Crippen molar-refractivity contribution in [2.75, 3.05) is 31.0 Å². The van der Waals surface area contributed by atoms with Gasteiger partial charge in [0, 0.05) is 22.7 Å². The van der Waals surface area contributed by atoms with Gasteiger partial charge in [-0.1, -0.05) is 18.2 Å². The second-order valence-electron chi connectivity index (χ2n) is 7.78. The zero-order chi connectivity index (χ0) is 25.1. The van der Waals surface area contributed by atoms with E-state index in [4.69, 9.17) is 30.8 Å². The van der Waals surface area contributed by atoms with Crippen LogP contribution < -0.4 is 30.2 Å². The van der Waals surface area contributed by atoms with Crippen LogP contribution in [0.25, 0.3) is 11.0 Å². The molecular formula is C26H21N3O6S. The first-order valence-electron chi connectivity index (χ1n) is 11.0. The third-order valence-corrected chi connectivity index (χ3v) is 5.59. The molecule has 2 heterocycles. The van der Waals surface area contributed by atoms with Crippen molar-refractivity contribution in [1.82, 2.24) is 5.32 Å². The highest BCUT2D eigenvalue weighted by Gasteiger charge is 2.17. The van der Waals surface area contributed by atoms with Gasteiger partial charge in [-0.3, -0.25) is 14.9 Å². The highest BCUT2D eigenvalue weighted by Crippen LogP contribution is 2.31. The van der Waals surface area contributed by atoms with Gasteiger partial charge in [0.1, 0.15) is 24.5 Å². The van der Waals surface area contributed by atoms with Gasteiger partial charge in [-0.2, -0.15) is 0 Å². The van der Waals surface area contributed by atoms with Crippen molar-refractivity contribution in [3.8, 4) is 17.2 Å². The number of benzene rings is 3. The average Bonchev–Trinajstić information content (AvgIpc) is 3.34. The molecule has 5 rings (SSSR count). The van der Waals surface area contributed by atoms with Crippen LogP contribution in [0, 0.1) is 0 Å². The first-order chi connectivity index (χ1) is 17.5. The summed E-state index contributed by atoms with van der Waals surface area (Å²) in [6.45, 7) is 0.896. The summed E-state index contributed by atoms with van der Waals surface area (Å²) in [5, 5.41) is 9.29. The van der Waals surface area contributed by atoms with Crippen molar-refractivity contribution in [2.24, 2.45) is 0 Å². The minimum atomic E-state index is -0.410. The molecule has 0 bridgehead atoms. The maximum absolute atomic E-state index is 12.7. The molecule has 9 nitrogen and oxygen atoms in total. The highest BCUT2D eigenvalue weighted by atomic mass is 32.1. The topological polar surface area (TPSA) is 111 Å². The fourth-order valence-corrected chi connectivity index (χ4v) is 3.88. The van der Waals surface area contributed by atoms with E-state index in [0.717, 1.165) is 5.39 Å². The van der Waals surface area contributed by atoms with E-state index in [2.05, 4.69) is 16.0 Å². The van der Waals surface area contributed by atoms with Gasteiger partial charge in [0.25, 0.3) is 11.8 Å². The van der Waals surface area contributed by atoms with Crippen molar-refractivity contribution < 1.29 is 28.2 Å². The molecule has 0 aliphatic carbocycles. The van der Waals surface area contributed by atoms with E-state index in [1.807, 2.05) is 18.2 Å². The van der Waals surface area contributed by atoms with E-state index in [1.165, 1.54) is 7.11 Å². The molecule has 182 valence electrons. The Hall–Kier alpha value is -4.57. The largest absolute Gasteiger partial charge is 0.494 e. The summed E-state index contributed by atoms with van der Waals surface area (Å²) < 4.78 is 22.0. The molecule has 0 fully saturated rings. The van der Waals surface area contributed by atoms with Gasteiger partial charge < -0.3 is 29.3 Å². The zero-order valence-corrected chi connectivity index (χ0v) is 19.9. The predicted molar refractivity (Wildman–Crippen MR) is 138 cm³/mol. The Kier molecular flexibility index (Phi) is 6.42. The molecule has 0 unspecified atom stereocenters. The van der Waals surface area contributed by atoms with Crippen molar-refractivity contribution in [1.29, 1.82) is 0 Å². The van der Waals surface area contributed by atoms with Crippen LogP contribution in [0.3, 0.4) is 0 Å². The molecule has 1 aliphatic rings. The maximum Gasteiger partial charge on any atom is 0.291 e. The van der Waals surface area contributed by atoms with E-state index in [-0.39, 0.29) is 10.9 Å². The molecule has 1 aliphatic heterocycles. The Morgan fingerprint density at radius 2 is 1.69 bits per heavy atom. The summed E-state index contributed by atoms with van der Waals surface area (Å²) >= 11 is 5.29. The fourth-order valence-electron chi connectivity index (χ4n) is 3.67. The third kappa shape index (κ3) is 4.93. The summed E-state index contributed by atoms with van der Waals surface area (Å²) in [6.07, 6.45) is 0. The minimum Gasteiger partial charge on any atom is -0.494 e. The van der Waals surface area contributed by atoms with E-state index in [0.29, 0.717) is 53.0 Å². The Labute approximate surface area is 211 Å². The zero-order valence-electron chi connectivity index (χ0n) is 19.1. The number of fused-ring (bicyclic) bond motifs is 2. The summed E-state index contributed by atoms with van der Waals surface area (Å²) in [7, 11) is 1.48. The molecule has 0 radical (unpaired) electrons. The van der Waals surface area contributed by atoms with Gasteiger partial charge in [-0.15, -0.1) is 0 Å². The number of thiocarbonyl (C=S) groups is 1. The van der Waals surface area contributed by atoms with Crippen LogP contribution in [0.5, 0.6) is 17.2 Å². The van der Waals surface area contributed by atoms with Gasteiger partial charge >= 0.3 is 0 Å². The highest BCUT2D eigenvalue weighted by molar-refractivity contribution is 7.80. The van der Waals surface area contributed by atoms with E-state index in [1.54, 1.807) is 48.5 Å². The smallest absolute Gasteiger partial charge is 0.291 e. The Balaban J connectivity index is 1.23. The number of hydrogen-bond donors (Lipinski definition) is 3. The Morgan fingerprint density at radius 3 is 2.50 bits per heavy atom. The first kappa shape index (κ1) is 23.2. The van der Waals surface area contributed by atoms with Gasteiger partial charge in [0.05, 0.1) is 12.8 Å². The van der Waals surface area contributed by atoms with E-state index in [9.17, 15) is 9.59 Å². The number of hydrogen-bond acceptors (Lipinski definition) is 7. The number of ether oxygens (including phenoxy) is 3. The third-order valence-electron chi connectivity index (χ3n) is 5.39. The molecular weight excluding hydrogens is 482 g/mol. The number of anilines is 2. The van der Waals surface area contributed by atoms with Crippen LogP contribution in [0.2, 0.25) is 0 Å². The molecule has 0 spiro atoms. The number of carbonyl (C=O) groups is 2. The van der Waals surface area contributed by atoms with Gasteiger partial charge in [-0.25, -0.2) is 0 Å². The molecule has 4 aromatic rings. The first-order valence-corrected chi connectivity index (χ1v) is 11.4. The predicted octanol–water partition coefficient (Wildman–Crippen LogP) is 4.59. The molecule has 0 saturated carbocycles. The lowest BCUT2D eigenvalue weighted by atomic mass is 10.2. The van der Waals surface area contributed by atoms with Crippen LogP contribution in [0.15, 0.2) is 71.1 Å². The molecule has 0 saturated heterocycles. The van der Waals surface area contributed by atoms with Crippen molar-refractivity contribution in [3.05, 3.63) is 78.1 Å². The second kappa shape index (κ2) is 9.96. The summed E-state index contributed by atoms with van der Waals surface area (Å²) in [6, 6.07) is 19.0. The molecule has 0 atom stereocenters. The molecule has 2 amide bonds.